The lowest BCUT2D eigenvalue weighted by atomic mass is 10.2. The molecule has 0 saturated heterocycles. The number of hydrazone groups is 1. The standard InChI is InChI=1S/C17H18N2O3/c1-13(20)22-16-10-9-14(11-17(16)21-3)12-18-19(2)15-7-5-4-6-8-15/h4-12H,1-3H3/b18-12-. The summed E-state index contributed by atoms with van der Waals surface area (Å²) in [5.41, 5.74) is 1.83. The first-order valence-electron chi connectivity index (χ1n) is 6.79. The van der Waals surface area contributed by atoms with E-state index in [9.17, 15) is 4.79 Å². The van der Waals surface area contributed by atoms with Crippen LogP contribution in [0, 0.1) is 0 Å². The number of para-hydroxylation sites is 1. The van der Waals surface area contributed by atoms with E-state index in [2.05, 4.69) is 5.10 Å². The minimum absolute atomic E-state index is 0.386. The van der Waals surface area contributed by atoms with E-state index in [1.165, 1.54) is 14.0 Å². The average molecular weight is 298 g/mol. The zero-order valence-electron chi connectivity index (χ0n) is 12.8. The van der Waals surface area contributed by atoms with Crippen molar-refractivity contribution in [2.75, 3.05) is 19.2 Å². The van der Waals surface area contributed by atoms with Crippen LogP contribution in [0.2, 0.25) is 0 Å². The van der Waals surface area contributed by atoms with Crippen LogP contribution in [0.5, 0.6) is 11.5 Å². The number of ether oxygens (including phenoxy) is 2. The smallest absolute Gasteiger partial charge is 0.308 e. The molecular formula is C17H18N2O3. The molecule has 0 bridgehead atoms. The Morgan fingerprint density at radius 2 is 1.86 bits per heavy atom. The molecule has 5 heteroatoms. The molecule has 0 fully saturated rings. The highest BCUT2D eigenvalue weighted by Crippen LogP contribution is 2.27. The molecule has 0 saturated carbocycles. The zero-order chi connectivity index (χ0) is 15.9. The van der Waals surface area contributed by atoms with Gasteiger partial charge in [0.2, 0.25) is 0 Å². The first-order chi connectivity index (χ1) is 10.6. The third kappa shape index (κ3) is 4.09. The van der Waals surface area contributed by atoms with Crippen LogP contribution >= 0.6 is 0 Å². The molecule has 0 aromatic heterocycles. The minimum Gasteiger partial charge on any atom is -0.493 e. The van der Waals surface area contributed by atoms with Gasteiger partial charge in [0.25, 0.3) is 0 Å². The third-order valence-electron chi connectivity index (χ3n) is 2.95. The van der Waals surface area contributed by atoms with Gasteiger partial charge in [-0.3, -0.25) is 9.80 Å². The molecular weight excluding hydrogens is 280 g/mol. The fourth-order valence-corrected chi connectivity index (χ4v) is 1.87. The Kier molecular flexibility index (Phi) is 5.14. The summed E-state index contributed by atoms with van der Waals surface area (Å²) in [7, 11) is 3.40. The minimum atomic E-state index is -0.386. The van der Waals surface area contributed by atoms with Gasteiger partial charge in [-0.2, -0.15) is 5.10 Å². The van der Waals surface area contributed by atoms with Crippen LogP contribution in [0.25, 0.3) is 0 Å². The second-order valence-corrected chi connectivity index (χ2v) is 4.61. The molecule has 114 valence electrons. The van der Waals surface area contributed by atoms with Crippen LogP contribution in [0.15, 0.2) is 53.6 Å². The van der Waals surface area contributed by atoms with E-state index < -0.39 is 0 Å². The molecule has 2 aromatic carbocycles. The van der Waals surface area contributed by atoms with Crippen LogP contribution in [0.1, 0.15) is 12.5 Å². The zero-order valence-corrected chi connectivity index (χ0v) is 12.8. The molecule has 2 aromatic rings. The summed E-state index contributed by atoms with van der Waals surface area (Å²) >= 11 is 0. The van der Waals surface area contributed by atoms with Crippen molar-refractivity contribution in [1.29, 1.82) is 0 Å². The van der Waals surface area contributed by atoms with Gasteiger partial charge in [0.05, 0.1) is 19.0 Å². The summed E-state index contributed by atoms with van der Waals surface area (Å²) in [4.78, 5) is 11.0. The maximum Gasteiger partial charge on any atom is 0.308 e. The monoisotopic (exact) mass is 298 g/mol. The molecule has 0 amide bonds. The van der Waals surface area contributed by atoms with Gasteiger partial charge in [0.1, 0.15) is 0 Å². The largest absolute Gasteiger partial charge is 0.493 e. The van der Waals surface area contributed by atoms with Gasteiger partial charge in [0, 0.05) is 14.0 Å². The third-order valence-corrected chi connectivity index (χ3v) is 2.95. The normalized spacial score (nSPS) is 10.5. The summed E-state index contributed by atoms with van der Waals surface area (Å²) in [6.45, 7) is 1.35. The Balaban J connectivity index is 2.16. The van der Waals surface area contributed by atoms with E-state index >= 15 is 0 Å². The molecule has 0 aliphatic heterocycles. The highest BCUT2D eigenvalue weighted by molar-refractivity contribution is 5.82. The van der Waals surface area contributed by atoms with Gasteiger partial charge in [-0.1, -0.05) is 18.2 Å². The Labute approximate surface area is 129 Å². The molecule has 0 atom stereocenters. The molecule has 0 unspecified atom stereocenters. The van der Waals surface area contributed by atoms with E-state index in [4.69, 9.17) is 9.47 Å². The fraction of sp³-hybridized carbons (Fsp3) is 0.176. The van der Waals surface area contributed by atoms with E-state index in [1.807, 2.05) is 43.4 Å². The second-order valence-electron chi connectivity index (χ2n) is 4.61. The van der Waals surface area contributed by atoms with Crippen LogP contribution in [-0.2, 0) is 4.79 Å². The quantitative estimate of drug-likeness (QED) is 0.368. The molecule has 0 aliphatic carbocycles. The van der Waals surface area contributed by atoms with Gasteiger partial charge in [-0.15, -0.1) is 0 Å². The van der Waals surface area contributed by atoms with Crippen LogP contribution in [-0.4, -0.2) is 26.3 Å². The highest BCUT2D eigenvalue weighted by Gasteiger charge is 2.07. The van der Waals surface area contributed by atoms with Crippen molar-refractivity contribution in [1.82, 2.24) is 0 Å². The average Bonchev–Trinajstić information content (AvgIpc) is 2.54. The van der Waals surface area contributed by atoms with Crippen molar-refractivity contribution in [2.24, 2.45) is 5.10 Å². The van der Waals surface area contributed by atoms with Crippen LogP contribution in [0.4, 0.5) is 5.69 Å². The van der Waals surface area contributed by atoms with Crippen molar-refractivity contribution >= 4 is 17.9 Å². The first kappa shape index (κ1) is 15.6. The Morgan fingerprint density at radius 3 is 2.50 bits per heavy atom. The van der Waals surface area contributed by atoms with Gasteiger partial charge in [-0.05, 0) is 35.9 Å². The second kappa shape index (κ2) is 7.26. The van der Waals surface area contributed by atoms with Crippen molar-refractivity contribution in [3.8, 4) is 11.5 Å². The van der Waals surface area contributed by atoms with Crippen molar-refractivity contribution in [2.45, 2.75) is 6.92 Å². The molecule has 2 rings (SSSR count). The topological polar surface area (TPSA) is 51.1 Å². The molecule has 0 radical (unpaired) electrons. The lowest BCUT2D eigenvalue weighted by Gasteiger charge is -2.12. The summed E-state index contributed by atoms with van der Waals surface area (Å²) < 4.78 is 10.3. The molecule has 5 nitrogen and oxygen atoms in total. The van der Waals surface area contributed by atoms with Crippen molar-refractivity contribution in [3.05, 3.63) is 54.1 Å². The van der Waals surface area contributed by atoms with E-state index in [0.717, 1.165) is 11.3 Å². The van der Waals surface area contributed by atoms with Crippen molar-refractivity contribution < 1.29 is 14.3 Å². The number of esters is 1. The molecule has 0 spiro atoms. The summed E-state index contributed by atoms with van der Waals surface area (Å²) in [5.74, 6) is 0.494. The number of hydrogen-bond acceptors (Lipinski definition) is 5. The Hall–Kier alpha value is -2.82. The number of hydrogen-bond donors (Lipinski definition) is 0. The number of nitrogens with zero attached hydrogens (tertiary/aromatic N) is 2. The predicted octanol–water partition coefficient (Wildman–Crippen LogP) is 3.09. The lowest BCUT2D eigenvalue weighted by Crippen LogP contribution is -2.08. The van der Waals surface area contributed by atoms with E-state index in [1.54, 1.807) is 23.4 Å². The predicted molar refractivity (Wildman–Crippen MR) is 86.7 cm³/mol. The van der Waals surface area contributed by atoms with Gasteiger partial charge >= 0.3 is 5.97 Å². The number of anilines is 1. The fourth-order valence-electron chi connectivity index (χ4n) is 1.87. The summed E-state index contributed by atoms with van der Waals surface area (Å²) in [5, 5.41) is 6.15. The summed E-state index contributed by atoms with van der Waals surface area (Å²) in [6, 6.07) is 15.1. The number of carbonyl (C=O) groups is 1. The first-order valence-corrected chi connectivity index (χ1v) is 6.79. The van der Waals surface area contributed by atoms with Gasteiger partial charge < -0.3 is 9.47 Å². The number of carbonyl (C=O) groups excluding carboxylic acids is 1. The molecule has 22 heavy (non-hydrogen) atoms. The van der Waals surface area contributed by atoms with Crippen LogP contribution < -0.4 is 14.5 Å². The van der Waals surface area contributed by atoms with Gasteiger partial charge in [0.15, 0.2) is 11.5 Å². The Bertz CT molecular complexity index is 669. The number of benzene rings is 2. The SMILES string of the molecule is COc1cc(/C=N\N(C)c2ccccc2)ccc1OC(C)=O. The summed E-state index contributed by atoms with van der Waals surface area (Å²) in [6.07, 6.45) is 1.72. The maximum absolute atomic E-state index is 11.0. The molecule has 0 heterocycles. The lowest BCUT2D eigenvalue weighted by molar-refractivity contribution is -0.132. The van der Waals surface area contributed by atoms with Crippen molar-refractivity contribution in [3.63, 3.8) is 0 Å². The maximum atomic E-state index is 11.0. The number of methoxy groups -OCH3 is 1. The number of rotatable bonds is 5. The van der Waals surface area contributed by atoms with E-state index in [-0.39, 0.29) is 5.97 Å². The molecule has 0 N–H and O–H groups in total. The molecule has 0 aliphatic rings. The van der Waals surface area contributed by atoms with Crippen LogP contribution in [0.3, 0.4) is 0 Å². The highest BCUT2D eigenvalue weighted by atomic mass is 16.6. The van der Waals surface area contributed by atoms with Gasteiger partial charge in [-0.25, -0.2) is 0 Å². The Morgan fingerprint density at radius 1 is 1.14 bits per heavy atom. The van der Waals surface area contributed by atoms with E-state index in [0.29, 0.717) is 11.5 Å².